The number of nitrogens with zero attached hydrogens (tertiary/aromatic N) is 2. The van der Waals surface area contributed by atoms with Crippen molar-refractivity contribution in [3.63, 3.8) is 0 Å². The van der Waals surface area contributed by atoms with E-state index in [4.69, 9.17) is 4.42 Å². The van der Waals surface area contributed by atoms with Crippen molar-refractivity contribution in [2.75, 3.05) is 0 Å². The van der Waals surface area contributed by atoms with Gasteiger partial charge in [0, 0.05) is 17.5 Å². The topological polar surface area (TPSA) is 38.9 Å². The molecule has 0 aliphatic rings. The summed E-state index contributed by atoms with van der Waals surface area (Å²) in [6.07, 6.45) is 1.64. The van der Waals surface area contributed by atoms with Gasteiger partial charge in [-0.15, -0.1) is 5.10 Å². The Bertz CT molecular complexity index is 393. The molecule has 13 heavy (non-hydrogen) atoms. The van der Waals surface area contributed by atoms with Gasteiger partial charge in [-0.3, -0.25) is 0 Å². The molecule has 0 saturated carbocycles. The third-order valence-electron chi connectivity index (χ3n) is 1.94. The van der Waals surface area contributed by atoms with Crippen LogP contribution in [-0.4, -0.2) is 10.2 Å². The Morgan fingerprint density at radius 1 is 1.31 bits per heavy atom. The maximum Gasteiger partial charge on any atom is 0.156 e. The minimum absolute atomic E-state index is 0.0285. The fraction of sp³-hybridized carbons (Fsp3) is 0.400. The van der Waals surface area contributed by atoms with E-state index in [9.17, 15) is 0 Å². The van der Waals surface area contributed by atoms with E-state index in [0.29, 0.717) is 0 Å². The third-order valence-corrected chi connectivity index (χ3v) is 1.94. The van der Waals surface area contributed by atoms with E-state index in [1.165, 1.54) is 0 Å². The molecule has 2 aromatic heterocycles. The van der Waals surface area contributed by atoms with Crippen LogP contribution in [0, 0.1) is 0 Å². The lowest BCUT2D eigenvalue weighted by Gasteiger charge is -2.13. The molecule has 0 unspecified atom stereocenters. The van der Waals surface area contributed by atoms with Gasteiger partial charge in [-0.1, -0.05) is 20.8 Å². The van der Waals surface area contributed by atoms with Gasteiger partial charge >= 0.3 is 0 Å². The summed E-state index contributed by atoms with van der Waals surface area (Å²) in [5.74, 6) is 0.947. The minimum Gasteiger partial charge on any atom is -0.459 e. The summed E-state index contributed by atoms with van der Waals surface area (Å²) in [6, 6.07) is 3.78. The predicted octanol–water partition coefficient (Wildman–Crippen LogP) is 2.52. The number of hydrogen-bond donors (Lipinski definition) is 0. The van der Waals surface area contributed by atoms with Gasteiger partial charge in [0.15, 0.2) is 5.58 Å². The zero-order valence-corrected chi connectivity index (χ0v) is 8.03. The molecule has 0 amide bonds. The van der Waals surface area contributed by atoms with E-state index in [1.807, 2.05) is 12.1 Å². The van der Waals surface area contributed by atoms with Crippen LogP contribution in [0.1, 0.15) is 26.5 Å². The number of furan rings is 1. The van der Waals surface area contributed by atoms with Crippen LogP contribution in [0.15, 0.2) is 22.7 Å². The summed E-state index contributed by atoms with van der Waals surface area (Å²) in [6.45, 7) is 6.33. The number of hydrogen-bond acceptors (Lipinski definition) is 3. The summed E-state index contributed by atoms with van der Waals surface area (Å²) in [5.41, 5.74) is 1.66. The summed E-state index contributed by atoms with van der Waals surface area (Å²) >= 11 is 0. The molecule has 0 aliphatic carbocycles. The summed E-state index contributed by atoms with van der Waals surface area (Å²) in [4.78, 5) is 0. The van der Waals surface area contributed by atoms with Crippen molar-refractivity contribution in [3.05, 3.63) is 24.1 Å². The molecule has 0 aromatic carbocycles. The van der Waals surface area contributed by atoms with Gasteiger partial charge in [0.25, 0.3) is 0 Å². The first-order valence-corrected chi connectivity index (χ1v) is 4.29. The zero-order chi connectivity index (χ0) is 9.47. The largest absolute Gasteiger partial charge is 0.459 e. The second-order valence-corrected chi connectivity index (χ2v) is 4.14. The highest BCUT2D eigenvalue weighted by Gasteiger charge is 2.19. The maximum absolute atomic E-state index is 5.63. The Morgan fingerprint density at radius 3 is 2.69 bits per heavy atom. The smallest absolute Gasteiger partial charge is 0.156 e. The molecule has 3 nitrogen and oxygen atoms in total. The molecule has 2 rings (SSSR count). The maximum atomic E-state index is 5.63. The van der Waals surface area contributed by atoms with Crippen molar-refractivity contribution in [2.45, 2.75) is 26.2 Å². The number of fused-ring (bicyclic) bond motifs is 1. The lowest BCUT2D eigenvalue weighted by Crippen LogP contribution is -2.08. The van der Waals surface area contributed by atoms with Gasteiger partial charge in [-0.2, -0.15) is 5.10 Å². The molecule has 3 heteroatoms. The second-order valence-electron chi connectivity index (χ2n) is 4.14. The average molecular weight is 176 g/mol. The van der Waals surface area contributed by atoms with Crippen LogP contribution in [0.4, 0.5) is 0 Å². The van der Waals surface area contributed by atoms with Crippen LogP contribution >= 0.6 is 0 Å². The summed E-state index contributed by atoms with van der Waals surface area (Å²) < 4.78 is 5.63. The van der Waals surface area contributed by atoms with Crippen molar-refractivity contribution in [2.24, 2.45) is 0 Å². The van der Waals surface area contributed by atoms with Gasteiger partial charge in [-0.05, 0) is 0 Å². The van der Waals surface area contributed by atoms with Crippen molar-refractivity contribution < 1.29 is 4.42 Å². The van der Waals surface area contributed by atoms with E-state index < -0.39 is 0 Å². The van der Waals surface area contributed by atoms with E-state index >= 15 is 0 Å². The highest BCUT2D eigenvalue weighted by Crippen LogP contribution is 2.27. The van der Waals surface area contributed by atoms with Crippen LogP contribution in [0.2, 0.25) is 0 Å². The quantitative estimate of drug-likeness (QED) is 0.619. The van der Waals surface area contributed by atoms with Crippen molar-refractivity contribution in [3.8, 4) is 0 Å². The fourth-order valence-corrected chi connectivity index (χ4v) is 1.16. The second kappa shape index (κ2) is 2.55. The van der Waals surface area contributed by atoms with Gasteiger partial charge in [-0.25, -0.2) is 0 Å². The van der Waals surface area contributed by atoms with Crippen molar-refractivity contribution in [1.29, 1.82) is 0 Å². The van der Waals surface area contributed by atoms with Crippen molar-refractivity contribution in [1.82, 2.24) is 10.2 Å². The lowest BCUT2D eigenvalue weighted by atomic mass is 9.93. The lowest BCUT2D eigenvalue weighted by molar-refractivity contribution is 0.430. The zero-order valence-electron chi connectivity index (χ0n) is 8.03. The van der Waals surface area contributed by atoms with E-state index in [1.54, 1.807) is 6.20 Å². The van der Waals surface area contributed by atoms with Crippen LogP contribution in [-0.2, 0) is 5.41 Å². The molecule has 68 valence electrons. The molecule has 0 fully saturated rings. The molecule has 0 radical (unpaired) electrons. The van der Waals surface area contributed by atoms with Gasteiger partial charge in [0.2, 0.25) is 0 Å². The molecule has 0 aliphatic heterocycles. The Hall–Kier alpha value is -1.38. The molecule has 0 spiro atoms. The van der Waals surface area contributed by atoms with Gasteiger partial charge < -0.3 is 4.42 Å². The van der Waals surface area contributed by atoms with E-state index in [0.717, 1.165) is 16.9 Å². The van der Waals surface area contributed by atoms with Gasteiger partial charge in [0.05, 0.1) is 6.20 Å². The predicted molar refractivity (Wildman–Crippen MR) is 50.5 cm³/mol. The Labute approximate surface area is 76.8 Å². The monoisotopic (exact) mass is 176 g/mol. The Balaban J connectivity index is 2.63. The molecular weight excluding hydrogens is 164 g/mol. The summed E-state index contributed by atoms with van der Waals surface area (Å²) in [7, 11) is 0. The van der Waals surface area contributed by atoms with Crippen molar-refractivity contribution >= 4 is 11.1 Å². The van der Waals surface area contributed by atoms with E-state index in [2.05, 4.69) is 31.0 Å². The Kier molecular flexibility index (Phi) is 1.62. The molecule has 2 aromatic rings. The molecule has 2 heterocycles. The van der Waals surface area contributed by atoms with Crippen LogP contribution in [0.25, 0.3) is 11.1 Å². The first kappa shape index (κ1) is 8.23. The molecule has 0 atom stereocenters. The number of aromatic nitrogens is 2. The van der Waals surface area contributed by atoms with E-state index in [-0.39, 0.29) is 5.41 Å². The molecule has 0 bridgehead atoms. The molecular formula is C10H12N2O. The fourth-order valence-electron chi connectivity index (χ4n) is 1.16. The first-order chi connectivity index (χ1) is 6.07. The summed E-state index contributed by atoms with van der Waals surface area (Å²) in [5, 5.41) is 7.77. The third kappa shape index (κ3) is 1.41. The van der Waals surface area contributed by atoms with Crippen LogP contribution in [0.5, 0.6) is 0 Å². The van der Waals surface area contributed by atoms with Crippen LogP contribution in [0.3, 0.4) is 0 Å². The normalized spacial score (nSPS) is 12.2. The number of rotatable bonds is 0. The highest BCUT2D eigenvalue weighted by molar-refractivity contribution is 5.72. The molecule has 0 N–H and O–H groups in total. The SMILES string of the molecule is CC(C)(C)c1cc2nnccc2o1. The standard InChI is InChI=1S/C10H12N2O/c1-10(2,3)9-6-7-8(13-9)4-5-11-12-7/h4-6H,1-3H3. The first-order valence-electron chi connectivity index (χ1n) is 4.29. The molecule has 0 saturated heterocycles. The minimum atomic E-state index is 0.0285. The van der Waals surface area contributed by atoms with Gasteiger partial charge in [0.1, 0.15) is 11.3 Å². The average Bonchev–Trinajstić information content (AvgIpc) is 2.45. The highest BCUT2D eigenvalue weighted by atomic mass is 16.3. The Morgan fingerprint density at radius 2 is 2.08 bits per heavy atom. The van der Waals surface area contributed by atoms with Crippen LogP contribution < -0.4 is 0 Å².